The number of nitrogens with zero attached hydrogens (tertiary/aromatic N) is 2. The number of carbonyl (C=O) groups excluding carboxylic acids is 1. The van der Waals surface area contributed by atoms with Crippen LogP contribution >= 0.6 is 0 Å². The highest BCUT2D eigenvalue weighted by Crippen LogP contribution is 2.22. The van der Waals surface area contributed by atoms with Gasteiger partial charge in [-0.3, -0.25) is 0 Å². The lowest BCUT2D eigenvalue weighted by Crippen LogP contribution is -2.25. The Morgan fingerprint density at radius 1 is 1.41 bits per heavy atom. The summed E-state index contributed by atoms with van der Waals surface area (Å²) in [6.07, 6.45) is -1.44. The molecular weight excluding hydrogens is 216 g/mol. The Morgan fingerprint density at radius 3 is 2.71 bits per heavy atom. The monoisotopic (exact) mass is 242 g/mol. The van der Waals surface area contributed by atoms with Gasteiger partial charge in [-0.2, -0.15) is 0 Å². The highest BCUT2D eigenvalue weighted by Gasteiger charge is 2.11. The third-order valence-corrected chi connectivity index (χ3v) is 2.50. The van der Waals surface area contributed by atoms with Crippen LogP contribution in [0.3, 0.4) is 0 Å². The molecule has 4 heteroatoms. The molecule has 0 aliphatic rings. The maximum Gasteiger partial charge on any atom is 0.414 e. The van der Waals surface area contributed by atoms with Gasteiger partial charge < -0.3 is 14.5 Å². The highest BCUT2D eigenvalue weighted by atomic mass is 16.6. The van der Waals surface area contributed by atoms with Gasteiger partial charge in [-0.25, -0.2) is 4.79 Å². The molecule has 0 spiro atoms. The zero-order chi connectivity index (χ0) is 18.0. The van der Waals surface area contributed by atoms with Crippen LogP contribution in [0.2, 0.25) is 0 Å². The van der Waals surface area contributed by atoms with E-state index in [9.17, 15) is 4.79 Å². The average molecular weight is 242 g/mol. The van der Waals surface area contributed by atoms with Gasteiger partial charge in [0.2, 0.25) is 0 Å². The second-order valence-electron chi connectivity index (χ2n) is 3.92. The molecule has 1 amide bonds. The van der Waals surface area contributed by atoms with Crippen LogP contribution in [-0.2, 0) is 0 Å². The summed E-state index contributed by atoms with van der Waals surface area (Å²) in [5, 5.41) is 0. The van der Waals surface area contributed by atoms with Gasteiger partial charge in [-0.15, -0.1) is 0 Å². The molecule has 0 aliphatic heterocycles. The van der Waals surface area contributed by atoms with E-state index in [1.807, 2.05) is 32.0 Å². The second-order valence-corrected chi connectivity index (χ2v) is 3.92. The fourth-order valence-corrected chi connectivity index (χ4v) is 1.28. The summed E-state index contributed by atoms with van der Waals surface area (Å²) in [4.78, 5) is 13.7. The van der Waals surface area contributed by atoms with E-state index in [1.54, 1.807) is 12.1 Å². The van der Waals surface area contributed by atoms with Crippen molar-refractivity contribution < 1.29 is 17.8 Å². The minimum Gasteiger partial charge on any atom is -0.410 e. The summed E-state index contributed by atoms with van der Waals surface area (Å²) in [6, 6.07) is 6.54. The van der Waals surface area contributed by atoms with E-state index in [4.69, 9.17) is 13.0 Å². The summed E-state index contributed by atoms with van der Waals surface area (Å²) in [7, 11) is 3.77. The molecule has 0 bridgehead atoms. The molecule has 0 saturated carbocycles. The predicted octanol–water partition coefficient (Wildman–Crippen LogP) is 2.37. The number of rotatable bonds is 3. The summed E-state index contributed by atoms with van der Waals surface area (Å²) in [5.74, 6) is 0.0831. The van der Waals surface area contributed by atoms with E-state index < -0.39 is 20.0 Å². The summed E-state index contributed by atoms with van der Waals surface area (Å²) >= 11 is 0. The molecule has 0 saturated heterocycles. The number of hydrogen-bond donors (Lipinski definition) is 0. The zero-order valence-electron chi connectivity index (χ0n) is 16.1. The van der Waals surface area contributed by atoms with Crippen molar-refractivity contribution in [3.8, 4) is 5.75 Å². The van der Waals surface area contributed by atoms with Gasteiger partial charge in [0.15, 0.2) is 0 Å². The Hall–Kier alpha value is -1.55. The van der Waals surface area contributed by atoms with Crippen molar-refractivity contribution in [3.05, 3.63) is 29.8 Å². The quantitative estimate of drug-likeness (QED) is 0.815. The predicted molar refractivity (Wildman–Crippen MR) is 68.3 cm³/mol. The molecule has 0 fully saturated rings. The van der Waals surface area contributed by atoms with E-state index in [0.717, 1.165) is 5.56 Å². The Kier molecular flexibility index (Phi) is 2.34. The number of ether oxygens (including phenoxy) is 1. The van der Waals surface area contributed by atoms with Gasteiger partial charge in [0.25, 0.3) is 0 Å². The van der Waals surface area contributed by atoms with Gasteiger partial charge in [0.1, 0.15) is 5.75 Å². The largest absolute Gasteiger partial charge is 0.414 e. The SMILES string of the molecule is [2H]C([2H])([2H])N(C(=O)Oc1cccc(C(C)N(C)C)c1)C([2H])([2H])[2H]. The molecule has 1 aromatic rings. The van der Waals surface area contributed by atoms with Crippen molar-refractivity contribution in [2.24, 2.45) is 0 Å². The molecule has 94 valence electrons. The van der Waals surface area contributed by atoms with Crippen LogP contribution in [0.5, 0.6) is 5.75 Å². The van der Waals surface area contributed by atoms with E-state index >= 15 is 0 Å². The van der Waals surface area contributed by atoms with Crippen molar-refractivity contribution in [3.63, 3.8) is 0 Å². The summed E-state index contributed by atoms with van der Waals surface area (Å²) < 4.78 is 48.1. The molecule has 0 N–H and O–H groups in total. The minimum absolute atomic E-state index is 0.0370. The van der Waals surface area contributed by atoms with Crippen molar-refractivity contribution >= 4 is 6.09 Å². The Labute approximate surface area is 111 Å². The normalized spacial score (nSPS) is 19.1. The van der Waals surface area contributed by atoms with Crippen LogP contribution < -0.4 is 4.74 Å². The summed E-state index contributed by atoms with van der Waals surface area (Å²) in [6.45, 7) is -4.31. The van der Waals surface area contributed by atoms with Crippen LogP contribution in [0.1, 0.15) is 26.8 Å². The first-order valence-corrected chi connectivity index (χ1v) is 5.12. The topological polar surface area (TPSA) is 32.8 Å². The number of amides is 1. The van der Waals surface area contributed by atoms with Gasteiger partial charge in [0.05, 0.1) is 0 Å². The van der Waals surface area contributed by atoms with Crippen LogP contribution in [0.4, 0.5) is 4.79 Å². The summed E-state index contributed by atoms with van der Waals surface area (Å²) in [5.41, 5.74) is 0.842. The van der Waals surface area contributed by atoms with Crippen LogP contribution in [-0.4, -0.2) is 43.9 Å². The van der Waals surface area contributed by atoms with Crippen molar-refractivity contribution in [2.45, 2.75) is 13.0 Å². The maximum atomic E-state index is 12.0. The third-order valence-electron chi connectivity index (χ3n) is 2.50. The van der Waals surface area contributed by atoms with E-state index in [-0.39, 0.29) is 16.7 Å². The molecule has 1 unspecified atom stereocenters. The first-order chi connectivity index (χ1) is 10.3. The van der Waals surface area contributed by atoms with Crippen molar-refractivity contribution in [1.29, 1.82) is 0 Å². The van der Waals surface area contributed by atoms with E-state index in [1.165, 1.54) is 6.07 Å². The lowest BCUT2D eigenvalue weighted by molar-refractivity contribution is 0.172. The molecule has 0 heterocycles. The molecule has 4 nitrogen and oxygen atoms in total. The molecule has 0 aliphatic carbocycles. The third kappa shape index (κ3) is 3.75. The second kappa shape index (κ2) is 5.68. The number of carbonyl (C=O) groups is 1. The molecule has 0 aromatic heterocycles. The molecular formula is C13H20N2O2. The molecule has 1 rings (SSSR count). The lowest BCUT2D eigenvalue weighted by Gasteiger charge is -2.20. The minimum atomic E-state index is -3.13. The van der Waals surface area contributed by atoms with Crippen molar-refractivity contribution in [2.75, 3.05) is 28.0 Å². The van der Waals surface area contributed by atoms with Gasteiger partial charge in [0, 0.05) is 28.2 Å². The van der Waals surface area contributed by atoms with E-state index in [2.05, 4.69) is 0 Å². The number of hydrogen-bond acceptors (Lipinski definition) is 3. The molecule has 1 aromatic carbocycles. The van der Waals surface area contributed by atoms with Crippen LogP contribution in [0, 0.1) is 0 Å². The average Bonchev–Trinajstić information content (AvgIpc) is 2.34. The smallest absolute Gasteiger partial charge is 0.410 e. The van der Waals surface area contributed by atoms with E-state index in [0.29, 0.717) is 0 Å². The Morgan fingerprint density at radius 2 is 2.12 bits per heavy atom. The van der Waals surface area contributed by atoms with Crippen LogP contribution in [0.25, 0.3) is 0 Å². The fourth-order valence-electron chi connectivity index (χ4n) is 1.28. The molecule has 17 heavy (non-hydrogen) atoms. The Balaban J connectivity index is 3.03. The maximum absolute atomic E-state index is 12.0. The van der Waals surface area contributed by atoms with Gasteiger partial charge in [-0.05, 0) is 38.7 Å². The zero-order valence-corrected chi connectivity index (χ0v) is 10.1. The van der Waals surface area contributed by atoms with Gasteiger partial charge >= 0.3 is 6.09 Å². The van der Waals surface area contributed by atoms with Crippen LogP contribution in [0.15, 0.2) is 24.3 Å². The first kappa shape index (κ1) is 7.01. The lowest BCUT2D eigenvalue weighted by atomic mass is 10.1. The Bertz CT molecular complexity index is 542. The fraction of sp³-hybridized carbons (Fsp3) is 0.462. The van der Waals surface area contributed by atoms with Gasteiger partial charge in [-0.1, -0.05) is 12.1 Å². The first-order valence-electron chi connectivity index (χ1n) is 8.12. The number of benzene rings is 1. The standard InChI is InChI=1S/C13H20N2O2/c1-10(14(2)3)11-7-6-8-12(9-11)17-13(16)15(4)5/h6-10H,1-5H3/i4D3,5D3. The molecule has 1 atom stereocenters. The molecule has 0 radical (unpaired) electrons. The van der Waals surface area contributed by atoms with Crippen molar-refractivity contribution in [1.82, 2.24) is 9.80 Å². The highest BCUT2D eigenvalue weighted by molar-refractivity contribution is 5.70.